The van der Waals surface area contributed by atoms with Crippen LogP contribution in [-0.4, -0.2) is 42.4 Å². The highest BCUT2D eigenvalue weighted by molar-refractivity contribution is 5.94. The minimum Gasteiger partial charge on any atom is -0.400 e. The largest absolute Gasteiger partial charge is 0.433 e. The standard InChI is InChI=1S/C11H9N9O5/c1-5-8(19(18-14-5)10-9(12)16-25-17-10)11(21)15-13-4-6-2-3-7(24-6)20(22)23/h2-4H,1H3,(H2,12,16)(H,15,21)/b13-4+. The second kappa shape index (κ2) is 6.19. The molecule has 3 rings (SSSR count). The fourth-order valence-corrected chi connectivity index (χ4v) is 1.82. The van der Waals surface area contributed by atoms with Gasteiger partial charge in [0.1, 0.15) is 4.92 Å². The number of carbonyl (C=O) groups is 1. The molecule has 0 fully saturated rings. The summed E-state index contributed by atoms with van der Waals surface area (Å²) >= 11 is 0. The third-order valence-electron chi connectivity index (χ3n) is 2.90. The van der Waals surface area contributed by atoms with Crippen molar-refractivity contribution in [2.75, 3.05) is 5.73 Å². The van der Waals surface area contributed by atoms with Crippen LogP contribution in [0.15, 0.2) is 26.3 Å². The number of amides is 1. The Morgan fingerprint density at radius 3 is 2.92 bits per heavy atom. The average molecular weight is 347 g/mol. The Labute approximate surface area is 137 Å². The molecule has 0 spiro atoms. The molecule has 0 radical (unpaired) electrons. The van der Waals surface area contributed by atoms with Crippen molar-refractivity contribution >= 4 is 23.8 Å². The molecule has 0 aliphatic rings. The van der Waals surface area contributed by atoms with Gasteiger partial charge >= 0.3 is 5.88 Å². The maximum absolute atomic E-state index is 12.3. The number of furan rings is 1. The van der Waals surface area contributed by atoms with Crippen LogP contribution in [0.4, 0.5) is 11.7 Å². The number of rotatable bonds is 5. The van der Waals surface area contributed by atoms with Crippen LogP contribution >= 0.6 is 0 Å². The van der Waals surface area contributed by atoms with E-state index in [2.05, 4.69) is 35.8 Å². The molecule has 0 unspecified atom stereocenters. The van der Waals surface area contributed by atoms with Crippen LogP contribution in [0, 0.1) is 17.0 Å². The van der Waals surface area contributed by atoms with Gasteiger partial charge in [0.25, 0.3) is 5.91 Å². The van der Waals surface area contributed by atoms with Gasteiger partial charge in [0.05, 0.1) is 18.0 Å². The van der Waals surface area contributed by atoms with Crippen LogP contribution in [0.1, 0.15) is 21.9 Å². The predicted octanol–water partition coefficient (Wildman–Crippen LogP) is -0.194. The first-order valence-corrected chi connectivity index (χ1v) is 6.55. The first-order chi connectivity index (χ1) is 12.0. The van der Waals surface area contributed by atoms with Crippen LogP contribution in [0.25, 0.3) is 5.82 Å². The molecular formula is C11H9N9O5. The van der Waals surface area contributed by atoms with Crippen LogP contribution < -0.4 is 11.2 Å². The van der Waals surface area contributed by atoms with Gasteiger partial charge in [-0.2, -0.15) is 9.78 Å². The lowest BCUT2D eigenvalue weighted by molar-refractivity contribution is -0.402. The van der Waals surface area contributed by atoms with Crippen molar-refractivity contribution in [1.29, 1.82) is 0 Å². The fourth-order valence-electron chi connectivity index (χ4n) is 1.82. The normalized spacial score (nSPS) is 11.1. The van der Waals surface area contributed by atoms with E-state index in [1.54, 1.807) is 6.92 Å². The number of nitrogens with zero attached hydrogens (tertiary/aromatic N) is 7. The number of hydrogen-bond acceptors (Lipinski definition) is 11. The maximum Gasteiger partial charge on any atom is 0.433 e. The Hall–Kier alpha value is -4.10. The van der Waals surface area contributed by atoms with Gasteiger partial charge < -0.3 is 10.2 Å². The minimum absolute atomic E-state index is 0.00334. The zero-order valence-corrected chi connectivity index (χ0v) is 12.5. The van der Waals surface area contributed by atoms with E-state index in [0.29, 0.717) is 0 Å². The van der Waals surface area contributed by atoms with Gasteiger partial charge in [-0.05, 0) is 23.3 Å². The molecule has 3 aromatic heterocycles. The number of nitrogens with two attached hydrogens (primary N) is 1. The molecule has 0 aliphatic carbocycles. The van der Waals surface area contributed by atoms with Crippen LogP contribution in [0.3, 0.4) is 0 Å². The lowest BCUT2D eigenvalue weighted by Gasteiger charge is -2.02. The van der Waals surface area contributed by atoms with E-state index in [4.69, 9.17) is 10.2 Å². The van der Waals surface area contributed by atoms with E-state index in [9.17, 15) is 14.9 Å². The van der Waals surface area contributed by atoms with Gasteiger partial charge in [-0.3, -0.25) is 14.9 Å². The molecule has 3 heterocycles. The smallest absolute Gasteiger partial charge is 0.400 e. The number of nitrogens with one attached hydrogen (secondary N) is 1. The Morgan fingerprint density at radius 2 is 2.28 bits per heavy atom. The SMILES string of the molecule is Cc1nnn(-c2nonc2N)c1C(=O)N/N=C/c1ccc([N+](=O)[O-])o1. The first kappa shape index (κ1) is 15.8. The summed E-state index contributed by atoms with van der Waals surface area (Å²) in [6, 6.07) is 2.49. The second-order valence-electron chi connectivity index (χ2n) is 4.54. The van der Waals surface area contributed by atoms with Crippen molar-refractivity contribution in [3.05, 3.63) is 39.4 Å². The maximum atomic E-state index is 12.3. The summed E-state index contributed by atoms with van der Waals surface area (Å²) in [5, 5.41) is 28.6. The number of carbonyl (C=O) groups excluding carboxylic acids is 1. The molecule has 0 aliphatic heterocycles. The van der Waals surface area contributed by atoms with Gasteiger partial charge in [0.15, 0.2) is 11.5 Å². The highest BCUT2D eigenvalue weighted by Gasteiger charge is 2.22. The van der Waals surface area contributed by atoms with Gasteiger partial charge in [0, 0.05) is 0 Å². The van der Waals surface area contributed by atoms with Crippen LogP contribution in [0.5, 0.6) is 0 Å². The molecule has 3 N–H and O–H groups in total. The summed E-state index contributed by atoms with van der Waals surface area (Å²) < 4.78 is 10.4. The third-order valence-corrected chi connectivity index (χ3v) is 2.90. The van der Waals surface area contributed by atoms with Gasteiger partial charge in [-0.15, -0.1) is 5.10 Å². The van der Waals surface area contributed by atoms with Crippen molar-refractivity contribution in [3.8, 4) is 5.82 Å². The molecule has 14 heteroatoms. The summed E-state index contributed by atoms with van der Waals surface area (Å²) in [6.45, 7) is 1.54. The molecule has 0 saturated carbocycles. The second-order valence-corrected chi connectivity index (χ2v) is 4.54. The third kappa shape index (κ3) is 3.03. The van der Waals surface area contributed by atoms with E-state index in [-0.39, 0.29) is 28.8 Å². The van der Waals surface area contributed by atoms with E-state index in [1.807, 2.05) is 0 Å². The number of aryl methyl sites for hydroxylation is 1. The zero-order chi connectivity index (χ0) is 18.0. The quantitative estimate of drug-likeness (QED) is 0.354. The number of nitrogen functional groups attached to an aromatic ring is 1. The number of nitro groups is 1. The number of anilines is 1. The molecule has 0 bridgehead atoms. The number of hydrogen-bond donors (Lipinski definition) is 2. The van der Waals surface area contributed by atoms with E-state index >= 15 is 0 Å². The Bertz CT molecular complexity index is 968. The summed E-state index contributed by atoms with van der Waals surface area (Å²) in [4.78, 5) is 22.1. The molecule has 1 amide bonds. The van der Waals surface area contributed by atoms with Crippen molar-refractivity contribution in [3.63, 3.8) is 0 Å². The summed E-state index contributed by atoms with van der Waals surface area (Å²) in [5.74, 6) is -1.12. The van der Waals surface area contributed by atoms with E-state index < -0.39 is 16.7 Å². The average Bonchev–Trinajstić information content (AvgIpc) is 3.27. The summed E-state index contributed by atoms with van der Waals surface area (Å²) in [5.41, 5.74) is 8.07. The predicted molar refractivity (Wildman–Crippen MR) is 78.8 cm³/mol. The molecule has 25 heavy (non-hydrogen) atoms. The summed E-state index contributed by atoms with van der Waals surface area (Å²) in [7, 11) is 0. The fraction of sp³-hybridized carbons (Fsp3) is 0.0909. The number of hydrazone groups is 1. The lowest BCUT2D eigenvalue weighted by Crippen LogP contribution is -2.22. The molecule has 0 atom stereocenters. The number of aromatic nitrogens is 5. The Balaban J connectivity index is 1.78. The monoisotopic (exact) mass is 347 g/mol. The van der Waals surface area contributed by atoms with E-state index in [0.717, 1.165) is 17.0 Å². The highest BCUT2D eigenvalue weighted by Crippen LogP contribution is 2.15. The minimum atomic E-state index is -0.695. The highest BCUT2D eigenvalue weighted by atomic mass is 16.6. The molecule has 0 aromatic carbocycles. The van der Waals surface area contributed by atoms with Gasteiger partial charge in [-0.25, -0.2) is 10.1 Å². The lowest BCUT2D eigenvalue weighted by atomic mass is 10.3. The van der Waals surface area contributed by atoms with Gasteiger partial charge in [0.2, 0.25) is 11.6 Å². The summed E-state index contributed by atoms with van der Waals surface area (Å²) in [6.07, 6.45) is 1.10. The van der Waals surface area contributed by atoms with Crippen LogP contribution in [0.2, 0.25) is 0 Å². The molecule has 14 nitrogen and oxygen atoms in total. The topological polar surface area (TPSA) is 193 Å². The van der Waals surface area contributed by atoms with E-state index in [1.165, 1.54) is 6.07 Å². The molecular weight excluding hydrogens is 338 g/mol. The van der Waals surface area contributed by atoms with Crippen molar-refractivity contribution in [1.82, 2.24) is 30.7 Å². The van der Waals surface area contributed by atoms with Crippen molar-refractivity contribution in [2.45, 2.75) is 6.92 Å². The molecule has 3 aromatic rings. The first-order valence-electron chi connectivity index (χ1n) is 6.55. The van der Waals surface area contributed by atoms with Crippen LogP contribution in [-0.2, 0) is 0 Å². The zero-order valence-electron chi connectivity index (χ0n) is 12.5. The van der Waals surface area contributed by atoms with Gasteiger partial charge in [-0.1, -0.05) is 5.21 Å². The molecule has 128 valence electrons. The Kier molecular flexibility index (Phi) is 3.90. The van der Waals surface area contributed by atoms with Crippen molar-refractivity contribution < 1.29 is 18.8 Å². The Morgan fingerprint density at radius 1 is 1.48 bits per heavy atom. The molecule has 0 saturated heterocycles. The van der Waals surface area contributed by atoms with Crippen molar-refractivity contribution in [2.24, 2.45) is 5.10 Å².